The van der Waals surface area contributed by atoms with E-state index in [0.29, 0.717) is 12.6 Å². The molecular formula is C20H27N3O2. The molecule has 5 nitrogen and oxygen atoms in total. The zero-order chi connectivity index (χ0) is 17.1. The van der Waals surface area contributed by atoms with E-state index < -0.39 is 0 Å². The number of nitrogens with one attached hydrogen (secondary N) is 1. The lowest BCUT2D eigenvalue weighted by molar-refractivity contribution is 0.0675. The molecule has 2 aliphatic heterocycles. The zero-order valence-corrected chi connectivity index (χ0v) is 14.9. The molecule has 1 aromatic heterocycles. The van der Waals surface area contributed by atoms with Crippen molar-refractivity contribution in [3.05, 3.63) is 47.5 Å². The molecule has 1 fully saturated rings. The molecule has 25 heavy (non-hydrogen) atoms. The molecule has 0 aliphatic carbocycles. The Kier molecular flexibility index (Phi) is 5.04. The second-order valence-electron chi connectivity index (χ2n) is 7.11. The molecule has 2 aromatic rings. The van der Waals surface area contributed by atoms with Gasteiger partial charge in [0.15, 0.2) is 0 Å². The maximum Gasteiger partial charge on any atom is 0.125 e. The standard InChI is InChI=1S/C20H27N3O2/c1-15-6-7-16(19(12-15)25-14-17-4-3-11-24-17)13-22-18-5-2-9-23-10-8-21-20(18)23/h6-8,10,12,17-18,22H,2-5,9,11,13-14H2,1H3. The maximum atomic E-state index is 6.11. The van der Waals surface area contributed by atoms with Crippen LogP contribution in [0.3, 0.4) is 0 Å². The molecule has 134 valence electrons. The molecule has 0 saturated carbocycles. The molecule has 0 amide bonds. The highest BCUT2D eigenvalue weighted by atomic mass is 16.5. The number of hydrogen-bond donors (Lipinski definition) is 1. The lowest BCUT2D eigenvalue weighted by atomic mass is 10.1. The zero-order valence-electron chi connectivity index (χ0n) is 14.9. The van der Waals surface area contributed by atoms with E-state index in [-0.39, 0.29) is 6.10 Å². The van der Waals surface area contributed by atoms with Crippen molar-refractivity contribution in [2.24, 2.45) is 0 Å². The Labute approximate surface area is 149 Å². The first-order valence-electron chi connectivity index (χ1n) is 9.38. The fraction of sp³-hybridized carbons (Fsp3) is 0.550. The highest BCUT2D eigenvalue weighted by molar-refractivity contribution is 5.37. The largest absolute Gasteiger partial charge is 0.491 e. The first-order chi connectivity index (χ1) is 12.3. The lowest BCUT2D eigenvalue weighted by Gasteiger charge is -2.25. The third-order valence-electron chi connectivity index (χ3n) is 5.16. The van der Waals surface area contributed by atoms with Crippen molar-refractivity contribution in [3.8, 4) is 5.75 Å². The molecule has 2 unspecified atom stereocenters. The molecule has 4 rings (SSSR count). The van der Waals surface area contributed by atoms with Crippen molar-refractivity contribution < 1.29 is 9.47 Å². The van der Waals surface area contributed by atoms with Crippen molar-refractivity contribution in [1.82, 2.24) is 14.9 Å². The molecule has 5 heteroatoms. The lowest BCUT2D eigenvalue weighted by Crippen LogP contribution is -2.28. The van der Waals surface area contributed by atoms with E-state index in [1.54, 1.807) is 0 Å². The summed E-state index contributed by atoms with van der Waals surface area (Å²) >= 11 is 0. The van der Waals surface area contributed by atoms with Gasteiger partial charge in [0.2, 0.25) is 0 Å². The number of hydrogen-bond acceptors (Lipinski definition) is 4. The van der Waals surface area contributed by atoms with E-state index in [0.717, 1.165) is 50.5 Å². The maximum absolute atomic E-state index is 6.11. The summed E-state index contributed by atoms with van der Waals surface area (Å²) in [7, 11) is 0. The van der Waals surface area contributed by atoms with E-state index in [1.165, 1.54) is 17.5 Å². The number of rotatable bonds is 6. The summed E-state index contributed by atoms with van der Waals surface area (Å²) in [4.78, 5) is 4.53. The van der Waals surface area contributed by atoms with Crippen LogP contribution in [0.1, 0.15) is 48.7 Å². The van der Waals surface area contributed by atoms with Crippen LogP contribution in [0.15, 0.2) is 30.6 Å². The number of imidazole rings is 1. The summed E-state index contributed by atoms with van der Waals surface area (Å²) in [6, 6.07) is 6.77. The fourth-order valence-corrected chi connectivity index (χ4v) is 3.74. The van der Waals surface area contributed by atoms with Crippen molar-refractivity contribution in [3.63, 3.8) is 0 Å². The number of aromatic nitrogens is 2. The van der Waals surface area contributed by atoms with Gasteiger partial charge in [-0.1, -0.05) is 12.1 Å². The third kappa shape index (κ3) is 3.88. The van der Waals surface area contributed by atoms with Gasteiger partial charge in [0.05, 0.1) is 12.1 Å². The van der Waals surface area contributed by atoms with Gasteiger partial charge in [0.25, 0.3) is 0 Å². The van der Waals surface area contributed by atoms with Gasteiger partial charge in [-0.25, -0.2) is 4.98 Å². The predicted molar refractivity (Wildman–Crippen MR) is 96.7 cm³/mol. The van der Waals surface area contributed by atoms with Gasteiger partial charge < -0.3 is 19.4 Å². The van der Waals surface area contributed by atoms with E-state index in [1.807, 2.05) is 6.20 Å². The van der Waals surface area contributed by atoms with Gasteiger partial charge in [0.1, 0.15) is 18.2 Å². The van der Waals surface area contributed by atoms with Gasteiger partial charge in [-0.2, -0.15) is 0 Å². The summed E-state index contributed by atoms with van der Waals surface area (Å²) in [5.41, 5.74) is 2.42. The summed E-state index contributed by atoms with van der Waals surface area (Å²) in [5, 5.41) is 3.67. The fourth-order valence-electron chi connectivity index (χ4n) is 3.74. The van der Waals surface area contributed by atoms with Crippen molar-refractivity contribution in [2.75, 3.05) is 13.2 Å². The average molecular weight is 341 g/mol. The van der Waals surface area contributed by atoms with Crippen LogP contribution in [-0.4, -0.2) is 28.9 Å². The molecular weight excluding hydrogens is 314 g/mol. The number of benzene rings is 1. The Hall–Kier alpha value is -1.85. The number of nitrogens with zero attached hydrogens (tertiary/aromatic N) is 2. The molecule has 2 atom stereocenters. The highest BCUT2D eigenvalue weighted by Crippen LogP contribution is 2.26. The molecule has 2 aliphatic rings. The van der Waals surface area contributed by atoms with Crippen LogP contribution in [0.25, 0.3) is 0 Å². The summed E-state index contributed by atoms with van der Waals surface area (Å²) in [6.07, 6.45) is 8.79. The van der Waals surface area contributed by atoms with Crippen LogP contribution in [0.2, 0.25) is 0 Å². The van der Waals surface area contributed by atoms with Gasteiger partial charge >= 0.3 is 0 Å². The van der Waals surface area contributed by atoms with E-state index in [2.05, 4.69) is 46.2 Å². The molecule has 0 bridgehead atoms. The Morgan fingerprint density at radius 3 is 3.16 bits per heavy atom. The van der Waals surface area contributed by atoms with Crippen LogP contribution < -0.4 is 10.1 Å². The van der Waals surface area contributed by atoms with E-state index in [9.17, 15) is 0 Å². The normalized spacial score (nSPS) is 22.8. The van der Waals surface area contributed by atoms with Gasteiger partial charge in [-0.15, -0.1) is 0 Å². The van der Waals surface area contributed by atoms with Crippen LogP contribution >= 0.6 is 0 Å². The van der Waals surface area contributed by atoms with Crippen LogP contribution in [0, 0.1) is 6.92 Å². The molecule has 1 aromatic carbocycles. The molecule has 1 saturated heterocycles. The first kappa shape index (κ1) is 16.6. The SMILES string of the molecule is Cc1ccc(CNC2CCCn3ccnc32)c(OCC2CCCO2)c1. The third-order valence-corrected chi connectivity index (χ3v) is 5.16. The first-order valence-corrected chi connectivity index (χ1v) is 9.38. The average Bonchev–Trinajstić information content (AvgIpc) is 3.30. The van der Waals surface area contributed by atoms with Crippen molar-refractivity contribution >= 4 is 0 Å². The van der Waals surface area contributed by atoms with Gasteiger partial charge in [-0.3, -0.25) is 0 Å². The smallest absolute Gasteiger partial charge is 0.125 e. The minimum absolute atomic E-state index is 0.243. The summed E-state index contributed by atoms with van der Waals surface area (Å²) in [6.45, 7) is 5.48. The Bertz CT molecular complexity index is 707. The summed E-state index contributed by atoms with van der Waals surface area (Å²) < 4.78 is 14.0. The minimum atomic E-state index is 0.243. The Morgan fingerprint density at radius 2 is 2.28 bits per heavy atom. The number of ether oxygens (including phenoxy) is 2. The van der Waals surface area contributed by atoms with Crippen LogP contribution in [0.4, 0.5) is 0 Å². The minimum Gasteiger partial charge on any atom is -0.491 e. The van der Waals surface area contributed by atoms with Crippen LogP contribution in [0.5, 0.6) is 5.75 Å². The molecule has 1 N–H and O–H groups in total. The van der Waals surface area contributed by atoms with Crippen LogP contribution in [-0.2, 0) is 17.8 Å². The molecule has 0 radical (unpaired) electrons. The summed E-state index contributed by atoms with van der Waals surface area (Å²) in [5.74, 6) is 2.13. The van der Waals surface area contributed by atoms with Crippen molar-refractivity contribution in [1.29, 1.82) is 0 Å². The topological polar surface area (TPSA) is 48.3 Å². The molecule has 0 spiro atoms. The Balaban J connectivity index is 1.42. The number of fused-ring (bicyclic) bond motifs is 1. The second-order valence-corrected chi connectivity index (χ2v) is 7.11. The predicted octanol–water partition coefficient (Wildman–Crippen LogP) is 3.37. The van der Waals surface area contributed by atoms with Gasteiger partial charge in [0, 0.05) is 37.7 Å². The second kappa shape index (κ2) is 7.58. The monoisotopic (exact) mass is 341 g/mol. The van der Waals surface area contributed by atoms with E-state index in [4.69, 9.17) is 9.47 Å². The highest BCUT2D eigenvalue weighted by Gasteiger charge is 2.21. The van der Waals surface area contributed by atoms with Crippen molar-refractivity contribution in [2.45, 2.75) is 57.8 Å². The van der Waals surface area contributed by atoms with Gasteiger partial charge in [-0.05, 0) is 44.2 Å². The molecule has 3 heterocycles. The number of aryl methyl sites for hydroxylation is 2. The quantitative estimate of drug-likeness (QED) is 0.875. The Morgan fingerprint density at radius 1 is 1.32 bits per heavy atom. The van der Waals surface area contributed by atoms with E-state index >= 15 is 0 Å².